The van der Waals surface area contributed by atoms with Crippen LogP contribution >= 0.6 is 0 Å². The molecule has 0 spiro atoms. The highest BCUT2D eigenvalue weighted by atomic mass is 32.2. The number of halogens is 1. The molecule has 1 aromatic carbocycles. The Kier molecular flexibility index (Phi) is 3.33. The summed E-state index contributed by atoms with van der Waals surface area (Å²) < 4.78 is 40.1. The molecular weight excluding hydrogens is 255 g/mol. The highest BCUT2D eigenvalue weighted by molar-refractivity contribution is 7.89. The van der Waals surface area contributed by atoms with E-state index in [1.165, 1.54) is 13.0 Å². The van der Waals surface area contributed by atoms with Gasteiger partial charge in [-0.2, -0.15) is 0 Å². The fraction of sp³-hybridized carbons (Fsp3) is 0.500. The zero-order valence-electron chi connectivity index (χ0n) is 10.4. The summed E-state index contributed by atoms with van der Waals surface area (Å²) in [5, 5.41) is 0. The molecule has 1 aliphatic carbocycles. The number of nitrogens with one attached hydrogen (secondary N) is 1. The smallest absolute Gasteiger partial charge is 0.240 e. The van der Waals surface area contributed by atoms with Crippen LogP contribution in [0.4, 0.5) is 10.1 Å². The average Bonchev–Trinajstić information content (AvgIpc) is 3.02. The Morgan fingerprint density at radius 3 is 2.67 bits per heavy atom. The fourth-order valence-electron chi connectivity index (χ4n) is 2.03. The van der Waals surface area contributed by atoms with Gasteiger partial charge in [0.05, 0.1) is 10.6 Å². The molecule has 0 aromatic heterocycles. The van der Waals surface area contributed by atoms with Gasteiger partial charge in [-0.3, -0.25) is 0 Å². The van der Waals surface area contributed by atoms with Crippen molar-refractivity contribution in [2.75, 3.05) is 5.73 Å². The maximum atomic E-state index is 13.4. The number of benzene rings is 1. The summed E-state index contributed by atoms with van der Waals surface area (Å²) in [5.74, 6) is -0.148. The fourth-order valence-corrected chi connectivity index (χ4v) is 3.47. The van der Waals surface area contributed by atoms with Gasteiger partial charge < -0.3 is 5.73 Å². The van der Waals surface area contributed by atoms with Crippen LogP contribution in [0, 0.1) is 18.7 Å². The van der Waals surface area contributed by atoms with Crippen LogP contribution in [0.2, 0.25) is 0 Å². The van der Waals surface area contributed by atoms with E-state index in [1.807, 2.05) is 6.92 Å². The molecule has 2 unspecified atom stereocenters. The molecule has 6 heteroatoms. The van der Waals surface area contributed by atoms with E-state index in [0.29, 0.717) is 5.92 Å². The van der Waals surface area contributed by atoms with Crippen molar-refractivity contribution < 1.29 is 12.8 Å². The molecule has 2 rings (SSSR count). The zero-order valence-corrected chi connectivity index (χ0v) is 11.2. The SMILES string of the molecule is CCC1CC1NS(=O)(=O)c1cc(C)c(F)c(N)c1. The van der Waals surface area contributed by atoms with E-state index in [1.54, 1.807) is 0 Å². The summed E-state index contributed by atoms with van der Waals surface area (Å²) in [6.45, 7) is 3.52. The second-order valence-corrected chi connectivity index (χ2v) is 6.49. The lowest BCUT2D eigenvalue weighted by Crippen LogP contribution is -2.27. The minimum Gasteiger partial charge on any atom is -0.396 e. The molecule has 100 valence electrons. The highest BCUT2D eigenvalue weighted by Crippen LogP contribution is 2.34. The largest absolute Gasteiger partial charge is 0.396 e. The molecular formula is C12H17FN2O2S. The van der Waals surface area contributed by atoms with Crippen LogP contribution in [-0.4, -0.2) is 14.5 Å². The molecule has 0 amide bonds. The lowest BCUT2D eigenvalue weighted by atomic mass is 10.2. The predicted molar refractivity (Wildman–Crippen MR) is 68.1 cm³/mol. The van der Waals surface area contributed by atoms with E-state index in [-0.39, 0.29) is 22.2 Å². The second-order valence-electron chi connectivity index (χ2n) is 4.78. The Hall–Kier alpha value is -1.14. The van der Waals surface area contributed by atoms with Crippen molar-refractivity contribution in [1.29, 1.82) is 0 Å². The van der Waals surface area contributed by atoms with E-state index in [4.69, 9.17) is 5.73 Å². The van der Waals surface area contributed by atoms with Gasteiger partial charge in [0.1, 0.15) is 5.82 Å². The Balaban J connectivity index is 2.25. The van der Waals surface area contributed by atoms with Crippen molar-refractivity contribution in [1.82, 2.24) is 4.72 Å². The minimum atomic E-state index is -3.60. The molecule has 0 bridgehead atoms. The molecule has 1 saturated carbocycles. The van der Waals surface area contributed by atoms with Crippen molar-refractivity contribution in [3.8, 4) is 0 Å². The number of aryl methyl sites for hydroxylation is 1. The number of nitrogen functional groups attached to an aromatic ring is 1. The first-order valence-corrected chi connectivity index (χ1v) is 7.41. The third kappa shape index (κ3) is 2.49. The number of rotatable bonds is 4. The van der Waals surface area contributed by atoms with Crippen molar-refractivity contribution >= 4 is 15.7 Å². The van der Waals surface area contributed by atoms with Crippen LogP contribution in [0.15, 0.2) is 17.0 Å². The van der Waals surface area contributed by atoms with Crippen LogP contribution in [0.25, 0.3) is 0 Å². The van der Waals surface area contributed by atoms with Crippen molar-refractivity contribution in [2.24, 2.45) is 5.92 Å². The maximum Gasteiger partial charge on any atom is 0.240 e. The summed E-state index contributed by atoms with van der Waals surface area (Å²) in [7, 11) is -3.60. The van der Waals surface area contributed by atoms with Gasteiger partial charge >= 0.3 is 0 Å². The van der Waals surface area contributed by atoms with Gasteiger partial charge in [-0.25, -0.2) is 17.5 Å². The van der Waals surface area contributed by atoms with E-state index in [0.717, 1.165) is 18.9 Å². The maximum absolute atomic E-state index is 13.4. The van der Waals surface area contributed by atoms with Crippen molar-refractivity contribution in [2.45, 2.75) is 37.6 Å². The van der Waals surface area contributed by atoms with E-state index < -0.39 is 15.8 Å². The van der Waals surface area contributed by atoms with E-state index >= 15 is 0 Å². The molecule has 0 radical (unpaired) electrons. The second kappa shape index (κ2) is 4.51. The number of hydrogen-bond donors (Lipinski definition) is 2. The van der Waals surface area contributed by atoms with Gasteiger partial charge in [-0.05, 0) is 37.0 Å². The van der Waals surface area contributed by atoms with Crippen LogP contribution in [-0.2, 0) is 10.0 Å². The van der Waals surface area contributed by atoms with Crippen molar-refractivity contribution in [3.05, 3.63) is 23.5 Å². The first kappa shape index (κ1) is 13.3. The number of sulfonamides is 1. The molecule has 2 atom stereocenters. The Labute approximate surface area is 106 Å². The highest BCUT2D eigenvalue weighted by Gasteiger charge is 2.38. The lowest BCUT2D eigenvalue weighted by molar-refractivity contribution is 0.575. The molecule has 1 aromatic rings. The molecule has 3 N–H and O–H groups in total. The molecule has 1 aliphatic rings. The Bertz CT molecular complexity index is 548. The number of nitrogens with two attached hydrogens (primary N) is 1. The topological polar surface area (TPSA) is 72.2 Å². The monoisotopic (exact) mass is 272 g/mol. The van der Waals surface area contributed by atoms with Crippen molar-refractivity contribution in [3.63, 3.8) is 0 Å². The molecule has 0 saturated heterocycles. The molecule has 0 heterocycles. The van der Waals surface area contributed by atoms with Gasteiger partial charge in [0.2, 0.25) is 10.0 Å². The first-order valence-electron chi connectivity index (χ1n) is 5.93. The quantitative estimate of drug-likeness (QED) is 0.821. The third-order valence-electron chi connectivity index (χ3n) is 3.32. The van der Waals surface area contributed by atoms with Gasteiger partial charge in [0.25, 0.3) is 0 Å². The van der Waals surface area contributed by atoms with E-state index in [9.17, 15) is 12.8 Å². The van der Waals surface area contributed by atoms with Gasteiger partial charge in [-0.1, -0.05) is 13.3 Å². The van der Waals surface area contributed by atoms with Crippen LogP contribution in [0.1, 0.15) is 25.3 Å². The zero-order chi connectivity index (χ0) is 13.5. The summed E-state index contributed by atoms with van der Waals surface area (Å²) in [6, 6.07) is 2.47. The normalized spacial score (nSPS) is 23.1. The van der Waals surface area contributed by atoms with Crippen LogP contribution < -0.4 is 10.5 Å². The third-order valence-corrected chi connectivity index (χ3v) is 4.79. The molecule has 0 aliphatic heterocycles. The summed E-state index contributed by atoms with van der Waals surface area (Å²) in [5.41, 5.74) is 5.54. The molecule has 18 heavy (non-hydrogen) atoms. The molecule has 4 nitrogen and oxygen atoms in total. The summed E-state index contributed by atoms with van der Waals surface area (Å²) in [4.78, 5) is 0.0284. The standard InChI is InChI=1S/C12H17FN2O2S/c1-3-8-5-11(8)15-18(16,17)9-4-7(2)12(13)10(14)6-9/h4,6,8,11,15H,3,5,14H2,1-2H3. The summed E-state index contributed by atoms with van der Waals surface area (Å²) in [6.07, 6.45) is 1.82. The number of anilines is 1. The Morgan fingerprint density at radius 1 is 1.50 bits per heavy atom. The molecule has 1 fully saturated rings. The van der Waals surface area contributed by atoms with Crippen LogP contribution in [0.5, 0.6) is 0 Å². The average molecular weight is 272 g/mol. The van der Waals surface area contributed by atoms with Gasteiger partial charge in [0, 0.05) is 6.04 Å². The summed E-state index contributed by atoms with van der Waals surface area (Å²) >= 11 is 0. The minimum absolute atomic E-state index is 0.00610. The lowest BCUT2D eigenvalue weighted by Gasteiger charge is -2.09. The van der Waals surface area contributed by atoms with E-state index in [2.05, 4.69) is 4.72 Å². The predicted octanol–water partition coefficient (Wildman–Crippen LogP) is 1.79. The first-order chi connectivity index (χ1) is 8.35. The van der Waals surface area contributed by atoms with Gasteiger partial charge in [-0.15, -0.1) is 0 Å². The number of hydrogen-bond acceptors (Lipinski definition) is 3. The Morgan fingerprint density at radius 2 is 2.17 bits per heavy atom. The van der Waals surface area contributed by atoms with Gasteiger partial charge in [0.15, 0.2) is 0 Å². The van der Waals surface area contributed by atoms with Crippen LogP contribution in [0.3, 0.4) is 0 Å².